The van der Waals surface area contributed by atoms with Crippen molar-refractivity contribution in [3.05, 3.63) is 48.2 Å². The molecular weight excluding hydrogens is 350 g/mol. The first-order valence-corrected chi connectivity index (χ1v) is 9.90. The minimum absolute atomic E-state index is 0.0902. The number of anilines is 1. The van der Waals surface area contributed by atoms with Crippen LogP contribution in [-0.4, -0.2) is 41.4 Å². The van der Waals surface area contributed by atoms with Crippen LogP contribution in [0.2, 0.25) is 0 Å². The summed E-state index contributed by atoms with van der Waals surface area (Å²) in [7, 11) is 4.10. The summed E-state index contributed by atoms with van der Waals surface area (Å²) in [6.45, 7) is 2.11. The number of pyridine rings is 2. The van der Waals surface area contributed by atoms with Crippen LogP contribution in [-0.2, 0) is 0 Å². The van der Waals surface area contributed by atoms with Crippen molar-refractivity contribution in [3.63, 3.8) is 0 Å². The smallest absolute Gasteiger partial charge is 0.223 e. The molecule has 1 aromatic carbocycles. The number of hydrogen-bond donors (Lipinski definition) is 1. The number of aryl methyl sites for hydroxylation is 1. The number of hydrogen-bond acceptors (Lipinski definition) is 5. The third kappa shape index (κ3) is 3.80. The van der Waals surface area contributed by atoms with E-state index in [2.05, 4.69) is 35.0 Å². The van der Waals surface area contributed by atoms with E-state index in [0.29, 0.717) is 5.88 Å². The molecule has 0 spiro atoms. The number of fused-ring (bicyclic) bond motifs is 1. The van der Waals surface area contributed by atoms with Gasteiger partial charge in [-0.3, -0.25) is 4.98 Å². The van der Waals surface area contributed by atoms with E-state index in [4.69, 9.17) is 9.72 Å². The van der Waals surface area contributed by atoms with Crippen LogP contribution < -0.4 is 9.64 Å². The van der Waals surface area contributed by atoms with Crippen LogP contribution in [0.5, 0.6) is 5.88 Å². The van der Waals surface area contributed by atoms with E-state index in [-0.39, 0.29) is 12.2 Å². The average Bonchev–Trinajstić information content (AvgIpc) is 2.69. The number of aromatic nitrogens is 2. The SMILES string of the molecule is Cc1cc(-c2cc3ncccc3c(O[C@H]3CC[C@@H](O)CC3)n2)ccc1N(C)C. The number of benzene rings is 1. The van der Waals surface area contributed by atoms with Crippen LogP contribution in [0.25, 0.3) is 22.2 Å². The summed E-state index contributed by atoms with van der Waals surface area (Å²) in [6.07, 6.45) is 4.96. The Labute approximate surface area is 166 Å². The summed E-state index contributed by atoms with van der Waals surface area (Å²) < 4.78 is 6.30. The van der Waals surface area contributed by atoms with Gasteiger partial charge in [-0.15, -0.1) is 0 Å². The van der Waals surface area contributed by atoms with Gasteiger partial charge in [-0.1, -0.05) is 6.07 Å². The minimum Gasteiger partial charge on any atom is -0.474 e. The van der Waals surface area contributed by atoms with Crippen molar-refractivity contribution in [1.82, 2.24) is 9.97 Å². The van der Waals surface area contributed by atoms with Crippen molar-refractivity contribution in [2.24, 2.45) is 0 Å². The molecule has 2 aromatic heterocycles. The second kappa shape index (κ2) is 7.76. The Morgan fingerprint density at radius 2 is 1.86 bits per heavy atom. The fourth-order valence-corrected chi connectivity index (χ4v) is 3.92. The van der Waals surface area contributed by atoms with E-state index < -0.39 is 0 Å². The standard InChI is InChI=1S/C23H27N3O2/c1-15-13-16(6-11-22(15)26(2)3)20-14-21-19(5-4-12-24-21)23(25-20)28-18-9-7-17(27)8-10-18/h4-6,11-14,17-18,27H,7-10H2,1-3H3/t17-,18+. The molecule has 0 atom stereocenters. The molecule has 0 saturated heterocycles. The van der Waals surface area contributed by atoms with E-state index in [0.717, 1.165) is 47.8 Å². The number of aliphatic hydroxyl groups is 1. The van der Waals surface area contributed by atoms with Gasteiger partial charge in [0.05, 0.1) is 22.7 Å². The molecule has 1 N–H and O–H groups in total. The second-order valence-corrected chi connectivity index (χ2v) is 7.83. The van der Waals surface area contributed by atoms with Gasteiger partial charge in [0.2, 0.25) is 5.88 Å². The van der Waals surface area contributed by atoms with E-state index in [1.807, 2.05) is 32.3 Å². The van der Waals surface area contributed by atoms with E-state index in [1.165, 1.54) is 11.3 Å². The maximum Gasteiger partial charge on any atom is 0.223 e. The molecule has 5 heteroatoms. The average molecular weight is 377 g/mol. The Bertz CT molecular complexity index is 979. The largest absolute Gasteiger partial charge is 0.474 e. The fraction of sp³-hybridized carbons (Fsp3) is 0.391. The normalized spacial score (nSPS) is 19.6. The van der Waals surface area contributed by atoms with Crippen LogP contribution in [0.4, 0.5) is 5.69 Å². The molecule has 3 aromatic rings. The Morgan fingerprint density at radius 3 is 2.57 bits per heavy atom. The lowest BCUT2D eigenvalue weighted by atomic mass is 9.95. The van der Waals surface area contributed by atoms with Crippen LogP contribution in [0.3, 0.4) is 0 Å². The van der Waals surface area contributed by atoms with Gasteiger partial charge in [-0.25, -0.2) is 4.98 Å². The number of aliphatic hydroxyl groups excluding tert-OH is 1. The molecule has 0 aliphatic heterocycles. The summed E-state index contributed by atoms with van der Waals surface area (Å²) in [5.41, 5.74) is 5.20. The van der Waals surface area contributed by atoms with Gasteiger partial charge < -0.3 is 14.7 Å². The molecule has 28 heavy (non-hydrogen) atoms. The maximum atomic E-state index is 9.76. The summed E-state index contributed by atoms with van der Waals surface area (Å²) >= 11 is 0. The Kier molecular flexibility index (Phi) is 5.18. The fourth-order valence-electron chi connectivity index (χ4n) is 3.92. The molecule has 0 radical (unpaired) electrons. The van der Waals surface area contributed by atoms with Gasteiger partial charge in [-0.2, -0.15) is 0 Å². The molecule has 4 rings (SSSR count). The maximum absolute atomic E-state index is 9.76. The lowest BCUT2D eigenvalue weighted by molar-refractivity contribution is 0.0652. The van der Waals surface area contributed by atoms with Gasteiger partial charge in [0, 0.05) is 31.5 Å². The molecule has 146 valence electrons. The molecule has 1 fully saturated rings. The lowest BCUT2D eigenvalue weighted by Crippen LogP contribution is -2.26. The summed E-state index contributed by atoms with van der Waals surface area (Å²) in [6, 6.07) is 12.3. The van der Waals surface area contributed by atoms with Gasteiger partial charge >= 0.3 is 0 Å². The first-order chi connectivity index (χ1) is 13.5. The van der Waals surface area contributed by atoms with Crippen LogP contribution >= 0.6 is 0 Å². The highest BCUT2D eigenvalue weighted by Gasteiger charge is 2.22. The summed E-state index contributed by atoms with van der Waals surface area (Å²) in [5.74, 6) is 0.635. The molecule has 0 unspecified atom stereocenters. The monoisotopic (exact) mass is 377 g/mol. The minimum atomic E-state index is -0.198. The molecule has 5 nitrogen and oxygen atoms in total. The highest BCUT2D eigenvalue weighted by atomic mass is 16.5. The Morgan fingerprint density at radius 1 is 1.07 bits per heavy atom. The quantitative estimate of drug-likeness (QED) is 0.732. The third-order valence-corrected chi connectivity index (χ3v) is 5.46. The predicted molar refractivity (Wildman–Crippen MR) is 113 cm³/mol. The molecule has 1 aliphatic carbocycles. The van der Waals surface area contributed by atoms with Crippen molar-refractivity contribution in [1.29, 1.82) is 0 Å². The van der Waals surface area contributed by atoms with Gasteiger partial charge in [0.1, 0.15) is 6.10 Å². The first kappa shape index (κ1) is 18.7. The van der Waals surface area contributed by atoms with Crippen LogP contribution in [0.1, 0.15) is 31.2 Å². The molecule has 1 aliphatic rings. The van der Waals surface area contributed by atoms with E-state index in [1.54, 1.807) is 6.20 Å². The topological polar surface area (TPSA) is 58.5 Å². The molecule has 1 saturated carbocycles. The lowest BCUT2D eigenvalue weighted by Gasteiger charge is -2.26. The van der Waals surface area contributed by atoms with Crippen LogP contribution in [0.15, 0.2) is 42.6 Å². The van der Waals surface area contributed by atoms with Gasteiger partial charge in [0.25, 0.3) is 0 Å². The van der Waals surface area contributed by atoms with Gasteiger partial charge in [-0.05, 0) is 68.5 Å². The van der Waals surface area contributed by atoms with Crippen molar-refractivity contribution < 1.29 is 9.84 Å². The second-order valence-electron chi connectivity index (χ2n) is 7.83. The zero-order chi connectivity index (χ0) is 19.7. The van der Waals surface area contributed by atoms with Crippen molar-refractivity contribution in [3.8, 4) is 17.1 Å². The summed E-state index contributed by atoms with van der Waals surface area (Å²) in [4.78, 5) is 11.5. The van der Waals surface area contributed by atoms with E-state index >= 15 is 0 Å². The van der Waals surface area contributed by atoms with Crippen molar-refractivity contribution in [2.75, 3.05) is 19.0 Å². The highest BCUT2D eigenvalue weighted by Crippen LogP contribution is 2.32. The van der Waals surface area contributed by atoms with Crippen molar-refractivity contribution >= 4 is 16.6 Å². The van der Waals surface area contributed by atoms with E-state index in [9.17, 15) is 5.11 Å². The zero-order valence-electron chi connectivity index (χ0n) is 16.7. The third-order valence-electron chi connectivity index (χ3n) is 5.46. The molecule has 2 heterocycles. The number of nitrogens with zero attached hydrogens (tertiary/aromatic N) is 3. The van der Waals surface area contributed by atoms with Crippen LogP contribution in [0, 0.1) is 6.92 Å². The number of ether oxygens (including phenoxy) is 1. The summed E-state index contributed by atoms with van der Waals surface area (Å²) in [5, 5.41) is 10.7. The Hall–Kier alpha value is -2.66. The zero-order valence-corrected chi connectivity index (χ0v) is 16.7. The first-order valence-electron chi connectivity index (χ1n) is 9.90. The predicted octanol–water partition coefficient (Wildman–Crippen LogP) is 4.35. The highest BCUT2D eigenvalue weighted by molar-refractivity contribution is 5.87. The molecule has 0 bridgehead atoms. The van der Waals surface area contributed by atoms with Gasteiger partial charge in [0.15, 0.2) is 0 Å². The Balaban J connectivity index is 1.73. The number of rotatable bonds is 4. The molecular formula is C23H27N3O2. The molecule has 0 amide bonds. The van der Waals surface area contributed by atoms with Crippen molar-refractivity contribution in [2.45, 2.75) is 44.8 Å².